The average molecular weight is 384 g/mol. The highest BCUT2D eigenvalue weighted by atomic mass is 28.4. The Morgan fingerprint density at radius 2 is 1.15 bits per heavy atom. The van der Waals surface area contributed by atoms with Crippen molar-refractivity contribution in [2.45, 2.75) is 46.1 Å². The Morgan fingerprint density at radius 3 is 1.50 bits per heavy atom. The minimum absolute atomic E-state index is 0.208. The van der Waals surface area contributed by atoms with Gasteiger partial charge in [-0.15, -0.1) is 0 Å². The van der Waals surface area contributed by atoms with Crippen molar-refractivity contribution in [1.82, 2.24) is 0 Å². The van der Waals surface area contributed by atoms with Gasteiger partial charge in [-0.2, -0.15) is 13.2 Å². The summed E-state index contributed by atoms with van der Waals surface area (Å²) in [7, 11) is -3.56. The maximum atomic E-state index is 12.7. The van der Waals surface area contributed by atoms with Crippen LogP contribution < -0.4 is 5.19 Å². The standard InChI is InChI=1S/C19H23F3O3Si/c1-13(2)24-26(23,25-14(3)4)18-11-7-16(8-12-18)15-5-9-17(10-6-15)19(20,21)22/h5-14,23H,1-4H3. The third-order valence-electron chi connectivity index (χ3n) is 3.59. The van der Waals surface area contributed by atoms with Crippen molar-refractivity contribution in [2.24, 2.45) is 0 Å². The Labute approximate surface area is 152 Å². The molecule has 1 N–H and O–H groups in total. The van der Waals surface area contributed by atoms with E-state index in [0.717, 1.165) is 17.7 Å². The Morgan fingerprint density at radius 1 is 0.769 bits per heavy atom. The Hall–Kier alpha value is -1.67. The minimum Gasteiger partial charge on any atom is -0.386 e. The van der Waals surface area contributed by atoms with Crippen LogP contribution in [0.15, 0.2) is 48.5 Å². The van der Waals surface area contributed by atoms with Crippen molar-refractivity contribution < 1.29 is 26.8 Å². The van der Waals surface area contributed by atoms with Gasteiger partial charge < -0.3 is 13.6 Å². The molecule has 0 bridgehead atoms. The van der Waals surface area contributed by atoms with E-state index in [-0.39, 0.29) is 12.2 Å². The molecule has 0 aliphatic rings. The van der Waals surface area contributed by atoms with E-state index < -0.39 is 20.5 Å². The summed E-state index contributed by atoms with van der Waals surface area (Å²) in [5, 5.41) is 0.551. The van der Waals surface area contributed by atoms with Crippen molar-refractivity contribution in [2.75, 3.05) is 0 Å². The van der Waals surface area contributed by atoms with Gasteiger partial charge in [0.05, 0.1) is 5.56 Å². The van der Waals surface area contributed by atoms with Crippen LogP contribution in [0.2, 0.25) is 0 Å². The molecule has 0 saturated carbocycles. The molecule has 2 aromatic rings. The zero-order valence-corrected chi connectivity index (χ0v) is 16.2. The molecule has 0 saturated heterocycles. The fraction of sp³-hybridized carbons (Fsp3) is 0.368. The highest BCUT2D eigenvalue weighted by Gasteiger charge is 2.41. The molecule has 7 heteroatoms. The molecule has 26 heavy (non-hydrogen) atoms. The molecule has 0 amide bonds. The van der Waals surface area contributed by atoms with Gasteiger partial charge in [-0.1, -0.05) is 36.4 Å². The van der Waals surface area contributed by atoms with Gasteiger partial charge in [-0.25, -0.2) is 0 Å². The summed E-state index contributed by atoms with van der Waals surface area (Å²) in [5.41, 5.74) is 0.715. The number of halogens is 3. The lowest BCUT2D eigenvalue weighted by Gasteiger charge is -2.28. The van der Waals surface area contributed by atoms with E-state index in [1.165, 1.54) is 12.1 Å². The van der Waals surface area contributed by atoms with Crippen LogP contribution in [-0.2, 0) is 15.0 Å². The zero-order valence-electron chi connectivity index (χ0n) is 15.2. The van der Waals surface area contributed by atoms with Crippen LogP contribution in [0.4, 0.5) is 13.2 Å². The molecule has 0 aliphatic heterocycles. The molecule has 0 heterocycles. The molecule has 0 radical (unpaired) electrons. The van der Waals surface area contributed by atoms with Crippen LogP contribution in [0, 0.1) is 0 Å². The summed E-state index contributed by atoms with van der Waals surface area (Å²) < 4.78 is 49.4. The van der Waals surface area contributed by atoms with Gasteiger partial charge in [0.25, 0.3) is 0 Å². The third kappa shape index (κ3) is 5.17. The van der Waals surface area contributed by atoms with Crippen LogP contribution in [0.1, 0.15) is 33.3 Å². The first-order valence-electron chi connectivity index (χ1n) is 8.37. The molecule has 0 fully saturated rings. The van der Waals surface area contributed by atoms with E-state index in [0.29, 0.717) is 10.8 Å². The highest BCUT2D eigenvalue weighted by Crippen LogP contribution is 2.30. The smallest absolute Gasteiger partial charge is 0.386 e. The monoisotopic (exact) mass is 384 g/mol. The zero-order chi connectivity index (χ0) is 19.5. The molecule has 0 atom stereocenters. The SMILES string of the molecule is CC(C)O[Si](O)(OC(C)C)c1ccc(-c2ccc(C(F)(F)F)cc2)cc1. The van der Waals surface area contributed by atoms with Crippen molar-refractivity contribution >= 4 is 14.0 Å². The minimum atomic E-state index is -4.35. The largest absolute Gasteiger partial charge is 0.534 e. The Bertz CT molecular complexity index is 700. The number of rotatable bonds is 6. The Balaban J connectivity index is 2.28. The predicted octanol–water partition coefficient (Wildman–Crippen LogP) is 4.36. The van der Waals surface area contributed by atoms with Gasteiger partial charge in [0, 0.05) is 17.4 Å². The summed E-state index contributed by atoms with van der Waals surface area (Å²) in [6.45, 7) is 7.27. The maximum Gasteiger partial charge on any atom is 0.534 e. The second kappa shape index (κ2) is 7.92. The molecule has 142 valence electrons. The lowest BCUT2D eigenvalue weighted by molar-refractivity contribution is -0.137. The van der Waals surface area contributed by atoms with Crippen molar-refractivity contribution in [1.29, 1.82) is 0 Å². The van der Waals surface area contributed by atoms with Crippen LogP contribution in [0.5, 0.6) is 0 Å². The summed E-state index contributed by atoms with van der Waals surface area (Å²) in [6.07, 6.45) is -4.77. The van der Waals surface area contributed by atoms with Gasteiger partial charge >= 0.3 is 15.0 Å². The molecule has 0 spiro atoms. The van der Waals surface area contributed by atoms with Crippen LogP contribution in [-0.4, -0.2) is 25.8 Å². The number of hydrogen-bond acceptors (Lipinski definition) is 3. The summed E-state index contributed by atoms with van der Waals surface area (Å²) in [4.78, 5) is 10.9. The van der Waals surface area contributed by atoms with Gasteiger partial charge in [-0.05, 0) is 51.0 Å². The van der Waals surface area contributed by atoms with Crippen LogP contribution in [0.3, 0.4) is 0 Å². The van der Waals surface area contributed by atoms with E-state index in [1.54, 1.807) is 24.3 Å². The van der Waals surface area contributed by atoms with E-state index in [4.69, 9.17) is 8.85 Å². The average Bonchev–Trinajstić information content (AvgIpc) is 2.53. The fourth-order valence-corrected chi connectivity index (χ4v) is 4.72. The topological polar surface area (TPSA) is 38.7 Å². The van der Waals surface area contributed by atoms with Crippen molar-refractivity contribution in [3.63, 3.8) is 0 Å². The number of alkyl halides is 3. The van der Waals surface area contributed by atoms with Crippen molar-refractivity contribution in [3.05, 3.63) is 54.1 Å². The molecule has 0 unspecified atom stereocenters. The van der Waals surface area contributed by atoms with Crippen LogP contribution in [0.25, 0.3) is 11.1 Å². The number of hydrogen-bond donors (Lipinski definition) is 1. The molecule has 3 nitrogen and oxygen atoms in total. The first kappa shape index (κ1) is 20.6. The van der Waals surface area contributed by atoms with E-state index in [2.05, 4.69) is 0 Å². The van der Waals surface area contributed by atoms with E-state index in [9.17, 15) is 18.0 Å². The quantitative estimate of drug-likeness (QED) is 0.752. The van der Waals surface area contributed by atoms with Crippen molar-refractivity contribution in [3.8, 4) is 11.1 Å². The van der Waals surface area contributed by atoms with Crippen LogP contribution >= 0.6 is 0 Å². The first-order chi connectivity index (χ1) is 12.0. The van der Waals surface area contributed by atoms with Gasteiger partial charge in [0.2, 0.25) is 0 Å². The second-order valence-corrected chi connectivity index (χ2v) is 8.78. The van der Waals surface area contributed by atoms with Gasteiger partial charge in [0.15, 0.2) is 0 Å². The summed E-state index contributed by atoms with van der Waals surface area (Å²) >= 11 is 0. The first-order valence-corrected chi connectivity index (χ1v) is 10.1. The molecule has 0 aromatic heterocycles. The second-order valence-electron chi connectivity index (χ2n) is 6.57. The van der Waals surface area contributed by atoms with Gasteiger partial charge in [0.1, 0.15) is 0 Å². The van der Waals surface area contributed by atoms with E-state index >= 15 is 0 Å². The van der Waals surface area contributed by atoms with E-state index in [1.807, 2.05) is 27.7 Å². The Kier molecular flexibility index (Phi) is 6.28. The molecule has 2 rings (SSSR count). The predicted molar refractivity (Wildman–Crippen MR) is 96.9 cm³/mol. The highest BCUT2D eigenvalue weighted by molar-refractivity contribution is 6.74. The fourth-order valence-electron chi connectivity index (χ4n) is 2.53. The lowest BCUT2D eigenvalue weighted by atomic mass is 10.0. The normalized spacial score (nSPS) is 12.8. The summed E-state index contributed by atoms with van der Waals surface area (Å²) in [5.74, 6) is 0. The number of benzene rings is 2. The maximum absolute atomic E-state index is 12.7. The molecule has 0 aliphatic carbocycles. The summed E-state index contributed by atoms with van der Waals surface area (Å²) in [6, 6.07) is 11.8. The van der Waals surface area contributed by atoms with Gasteiger partial charge in [-0.3, -0.25) is 0 Å². The molecular formula is C19H23F3O3Si. The molecular weight excluding hydrogens is 361 g/mol. The third-order valence-corrected chi connectivity index (χ3v) is 6.23. The molecule has 2 aromatic carbocycles. The lowest BCUT2D eigenvalue weighted by Crippen LogP contribution is -2.56.